The molecule has 1 atom stereocenters. The fraction of sp³-hybridized carbons (Fsp3) is 0.250. The summed E-state index contributed by atoms with van der Waals surface area (Å²) in [7, 11) is 3.32. The summed E-state index contributed by atoms with van der Waals surface area (Å²) >= 11 is 0. The first-order valence-corrected chi connectivity index (χ1v) is 6.23. The molecule has 0 saturated heterocycles. The Morgan fingerprint density at radius 1 is 1.00 bits per heavy atom. The van der Waals surface area contributed by atoms with Crippen LogP contribution in [0, 0.1) is 0 Å². The zero-order valence-electron chi connectivity index (χ0n) is 11.5. The molecule has 0 radical (unpaired) electrons. The standard InChI is InChI=1S/C16H19NO2/c1-11(17)12-5-4-6-13(9-12)15-10-14(18-2)7-8-16(15)19-3/h4-11H,17H2,1-3H3. The quantitative estimate of drug-likeness (QED) is 0.913. The summed E-state index contributed by atoms with van der Waals surface area (Å²) in [4.78, 5) is 0. The first-order valence-electron chi connectivity index (χ1n) is 6.23. The number of nitrogens with two attached hydrogens (primary N) is 1. The molecule has 1 unspecified atom stereocenters. The molecule has 3 nitrogen and oxygen atoms in total. The average molecular weight is 257 g/mol. The highest BCUT2D eigenvalue weighted by Crippen LogP contribution is 2.34. The van der Waals surface area contributed by atoms with Gasteiger partial charge in [-0.15, -0.1) is 0 Å². The molecule has 0 aliphatic carbocycles. The van der Waals surface area contributed by atoms with E-state index >= 15 is 0 Å². The molecular formula is C16H19NO2. The van der Waals surface area contributed by atoms with Crippen molar-refractivity contribution in [1.29, 1.82) is 0 Å². The summed E-state index contributed by atoms with van der Waals surface area (Å²) in [5, 5.41) is 0. The van der Waals surface area contributed by atoms with Crippen molar-refractivity contribution in [1.82, 2.24) is 0 Å². The van der Waals surface area contributed by atoms with E-state index in [-0.39, 0.29) is 6.04 Å². The normalized spacial score (nSPS) is 12.0. The second kappa shape index (κ2) is 5.76. The number of ether oxygens (including phenoxy) is 2. The van der Waals surface area contributed by atoms with Gasteiger partial charge in [-0.3, -0.25) is 0 Å². The van der Waals surface area contributed by atoms with Crippen molar-refractivity contribution in [2.24, 2.45) is 5.73 Å². The number of hydrogen-bond acceptors (Lipinski definition) is 3. The third-order valence-electron chi connectivity index (χ3n) is 3.13. The molecule has 0 heterocycles. The van der Waals surface area contributed by atoms with E-state index in [0.29, 0.717) is 0 Å². The molecule has 0 bridgehead atoms. The number of rotatable bonds is 4. The van der Waals surface area contributed by atoms with E-state index in [1.54, 1.807) is 14.2 Å². The van der Waals surface area contributed by atoms with Gasteiger partial charge in [0.05, 0.1) is 14.2 Å². The van der Waals surface area contributed by atoms with Gasteiger partial charge in [0.2, 0.25) is 0 Å². The molecule has 0 aliphatic rings. The lowest BCUT2D eigenvalue weighted by molar-refractivity contribution is 0.404. The van der Waals surface area contributed by atoms with Crippen LogP contribution < -0.4 is 15.2 Å². The van der Waals surface area contributed by atoms with Crippen molar-refractivity contribution in [3.63, 3.8) is 0 Å². The fourth-order valence-corrected chi connectivity index (χ4v) is 2.03. The van der Waals surface area contributed by atoms with E-state index in [1.807, 2.05) is 43.3 Å². The Bertz CT molecular complexity index is 564. The van der Waals surface area contributed by atoms with Gasteiger partial charge in [-0.1, -0.05) is 18.2 Å². The van der Waals surface area contributed by atoms with Crippen LogP contribution in [0.15, 0.2) is 42.5 Å². The predicted molar refractivity (Wildman–Crippen MR) is 77.6 cm³/mol. The van der Waals surface area contributed by atoms with Crippen LogP contribution in [0.4, 0.5) is 0 Å². The molecule has 0 aliphatic heterocycles. The van der Waals surface area contributed by atoms with Crippen molar-refractivity contribution >= 4 is 0 Å². The summed E-state index contributed by atoms with van der Waals surface area (Å²) < 4.78 is 10.7. The van der Waals surface area contributed by atoms with Crippen LogP contribution in [0.3, 0.4) is 0 Å². The van der Waals surface area contributed by atoms with E-state index in [2.05, 4.69) is 6.07 Å². The maximum absolute atomic E-state index is 5.93. The Morgan fingerprint density at radius 3 is 2.42 bits per heavy atom. The lowest BCUT2D eigenvalue weighted by Crippen LogP contribution is -2.04. The first-order chi connectivity index (χ1) is 9.15. The third kappa shape index (κ3) is 2.88. The van der Waals surface area contributed by atoms with E-state index in [4.69, 9.17) is 15.2 Å². The second-order valence-corrected chi connectivity index (χ2v) is 4.48. The van der Waals surface area contributed by atoms with Gasteiger partial charge in [-0.25, -0.2) is 0 Å². The largest absolute Gasteiger partial charge is 0.497 e. The summed E-state index contributed by atoms with van der Waals surface area (Å²) in [5.74, 6) is 1.63. The van der Waals surface area contributed by atoms with Crippen LogP contribution in [0.1, 0.15) is 18.5 Å². The number of methoxy groups -OCH3 is 2. The summed E-state index contributed by atoms with van der Waals surface area (Å²) in [6.07, 6.45) is 0. The molecule has 0 spiro atoms. The highest BCUT2D eigenvalue weighted by molar-refractivity contribution is 5.72. The van der Waals surface area contributed by atoms with Gasteiger partial charge in [-0.05, 0) is 42.3 Å². The van der Waals surface area contributed by atoms with Gasteiger partial charge in [0, 0.05) is 11.6 Å². The SMILES string of the molecule is COc1ccc(OC)c(-c2cccc(C(C)N)c2)c1. The summed E-state index contributed by atoms with van der Waals surface area (Å²) in [5.41, 5.74) is 9.11. The van der Waals surface area contributed by atoms with E-state index in [9.17, 15) is 0 Å². The van der Waals surface area contributed by atoms with E-state index < -0.39 is 0 Å². The zero-order chi connectivity index (χ0) is 13.8. The molecule has 100 valence electrons. The smallest absolute Gasteiger partial charge is 0.126 e. The lowest BCUT2D eigenvalue weighted by Gasteiger charge is -2.13. The molecule has 2 N–H and O–H groups in total. The third-order valence-corrected chi connectivity index (χ3v) is 3.13. The monoisotopic (exact) mass is 257 g/mol. The van der Waals surface area contributed by atoms with Crippen molar-refractivity contribution in [2.45, 2.75) is 13.0 Å². The maximum Gasteiger partial charge on any atom is 0.126 e. The minimum atomic E-state index is 0.0107. The van der Waals surface area contributed by atoms with Gasteiger partial charge in [0.1, 0.15) is 11.5 Å². The van der Waals surface area contributed by atoms with Crippen LogP contribution in [-0.4, -0.2) is 14.2 Å². The minimum Gasteiger partial charge on any atom is -0.497 e. The van der Waals surface area contributed by atoms with Gasteiger partial charge in [0.25, 0.3) is 0 Å². The predicted octanol–water partition coefficient (Wildman–Crippen LogP) is 3.39. The molecule has 0 saturated carbocycles. The van der Waals surface area contributed by atoms with Crippen LogP contribution in [0.5, 0.6) is 11.5 Å². The van der Waals surface area contributed by atoms with Crippen LogP contribution in [0.25, 0.3) is 11.1 Å². The van der Waals surface area contributed by atoms with Gasteiger partial charge in [0.15, 0.2) is 0 Å². The highest BCUT2D eigenvalue weighted by atomic mass is 16.5. The number of benzene rings is 2. The minimum absolute atomic E-state index is 0.0107. The maximum atomic E-state index is 5.93. The lowest BCUT2D eigenvalue weighted by atomic mass is 9.99. The van der Waals surface area contributed by atoms with Gasteiger partial charge < -0.3 is 15.2 Å². The van der Waals surface area contributed by atoms with Gasteiger partial charge in [-0.2, -0.15) is 0 Å². The first kappa shape index (κ1) is 13.4. The molecule has 3 heteroatoms. The van der Waals surface area contributed by atoms with Crippen molar-refractivity contribution in [2.75, 3.05) is 14.2 Å². The Kier molecular flexibility index (Phi) is 4.07. The van der Waals surface area contributed by atoms with Crippen LogP contribution in [0.2, 0.25) is 0 Å². The highest BCUT2D eigenvalue weighted by Gasteiger charge is 2.09. The molecular weight excluding hydrogens is 238 g/mol. The molecule has 0 amide bonds. The molecule has 19 heavy (non-hydrogen) atoms. The average Bonchev–Trinajstić information content (AvgIpc) is 2.46. The molecule has 2 aromatic carbocycles. The van der Waals surface area contributed by atoms with Crippen molar-refractivity contribution < 1.29 is 9.47 Å². The van der Waals surface area contributed by atoms with Crippen LogP contribution >= 0.6 is 0 Å². The Labute approximate surface area is 114 Å². The van der Waals surface area contributed by atoms with E-state index in [0.717, 1.165) is 28.2 Å². The topological polar surface area (TPSA) is 44.5 Å². The second-order valence-electron chi connectivity index (χ2n) is 4.48. The Hall–Kier alpha value is -2.00. The summed E-state index contributed by atoms with van der Waals surface area (Å²) in [6, 6.07) is 13.9. The zero-order valence-corrected chi connectivity index (χ0v) is 11.5. The Balaban J connectivity index is 2.53. The van der Waals surface area contributed by atoms with Crippen LogP contribution in [-0.2, 0) is 0 Å². The van der Waals surface area contributed by atoms with Gasteiger partial charge >= 0.3 is 0 Å². The Morgan fingerprint density at radius 2 is 1.79 bits per heavy atom. The van der Waals surface area contributed by atoms with Crippen molar-refractivity contribution in [3.05, 3.63) is 48.0 Å². The summed E-state index contributed by atoms with van der Waals surface area (Å²) in [6.45, 7) is 1.97. The molecule has 2 rings (SSSR count). The molecule has 0 fully saturated rings. The number of hydrogen-bond donors (Lipinski definition) is 1. The van der Waals surface area contributed by atoms with Crippen molar-refractivity contribution in [3.8, 4) is 22.6 Å². The fourth-order valence-electron chi connectivity index (χ4n) is 2.03. The molecule has 2 aromatic rings. The molecule has 0 aromatic heterocycles. The van der Waals surface area contributed by atoms with E-state index in [1.165, 1.54) is 0 Å².